The van der Waals surface area contributed by atoms with Gasteiger partial charge in [0.25, 0.3) is 0 Å². The number of fused-ring (bicyclic) bond motifs is 1. The number of hydrogen-bond donors (Lipinski definition) is 0. The lowest BCUT2D eigenvalue weighted by molar-refractivity contribution is -0.0342. The van der Waals surface area contributed by atoms with Crippen LogP contribution in [0.3, 0.4) is 0 Å². The van der Waals surface area contributed by atoms with Crippen LogP contribution in [0.4, 0.5) is 0 Å². The first-order valence-corrected chi connectivity index (χ1v) is 7.19. The molecule has 2 heterocycles. The highest BCUT2D eigenvalue weighted by atomic mass is 16.5. The van der Waals surface area contributed by atoms with Crippen LogP contribution in [0.2, 0.25) is 0 Å². The van der Waals surface area contributed by atoms with Crippen molar-refractivity contribution in [1.29, 1.82) is 0 Å². The largest absolute Gasteiger partial charge is 0.374 e. The molecule has 0 saturated carbocycles. The van der Waals surface area contributed by atoms with Crippen LogP contribution in [0.25, 0.3) is 11.0 Å². The summed E-state index contributed by atoms with van der Waals surface area (Å²) >= 11 is 0. The first-order chi connectivity index (χ1) is 9.70. The van der Waals surface area contributed by atoms with E-state index in [1.807, 2.05) is 35.9 Å². The minimum absolute atomic E-state index is 0.0309. The van der Waals surface area contributed by atoms with Crippen molar-refractivity contribution in [3.05, 3.63) is 34.7 Å². The van der Waals surface area contributed by atoms with Crippen molar-refractivity contribution in [1.82, 2.24) is 14.0 Å². The number of imidazole rings is 1. The van der Waals surface area contributed by atoms with Crippen LogP contribution < -0.4 is 5.69 Å². The third-order valence-electron chi connectivity index (χ3n) is 4.11. The zero-order valence-electron chi connectivity index (χ0n) is 12.1. The summed E-state index contributed by atoms with van der Waals surface area (Å²) in [5, 5.41) is 0. The molecule has 0 bridgehead atoms. The lowest BCUT2D eigenvalue weighted by atomic mass is 10.2. The molecule has 5 heteroatoms. The van der Waals surface area contributed by atoms with Crippen molar-refractivity contribution in [3.8, 4) is 0 Å². The molecule has 1 aliphatic heterocycles. The van der Waals surface area contributed by atoms with E-state index in [0.717, 1.165) is 37.3 Å². The average molecular weight is 275 g/mol. The first kappa shape index (κ1) is 13.4. The summed E-state index contributed by atoms with van der Waals surface area (Å²) in [5.41, 5.74) is 1.99. The summed E-state index contributed by atoms with van der Waals surface area (Å²) in [6, 6.07) is 7.91. The summed E-state index contributed by atoms with van der Waals surface area (Å²) in [6.45, 7) is 6.44. The van der Waals surface area contributed by atoms with Gasteiger partial charge in [-0.25, -0.2) is 4.79 Å². The second kappa shape index (κ2) is 5.42. The molecule has 1 atom stereocenters. The highest BCUT2D eigenvalue weighted by Gasteiger charge is 2.21. The Labute approximate surface area is 118 Å². The summed E-state index contributed by atoms with van der Waals surface area (Å²) in [7, 11) is 1.82. The fraction of sp³-hybridized carbons (Fsp3) is 0.533. The van der Waals surface area contributed by atoms with Crippen LogP contribution in [0.1, 0.15) is 6.92 Å². The van der Waals surface area contributed by atoms with Gasteiger partial charge >= 0.3 is 5.69 Å². The highest BCUT2D eigenvalue weighted by molar-refractivity contribution is 5.75. The standard InChI is InChI=1S/C15H21N3O2/c1-3-17-8-9-20-12(10-17)11-18-14-7-5-4-6-13(14)16(2)15(18)19/h4-7,12H,3,8-11H2,1-2H3. The van der Waals surface area contributed by atoms with Gasteiger partial charge in [0.15, 0.2) is 0 Å². The monoisotopic (exact) mass is 275 g/mol. The molecule has 0 spiro atoms. The molecule has 1 saturated heterocycles. The molecule has 5 nitrogen and oxygen atoms in total. The zero-order chi connectivity index (χ0) is 14.1. The Kier molecular flexibility index (Phi) is 3.63. The molecule has 3 rings (SSSR count). The Balaban J connectivity index is 1.91. The summed E-state index contributed by atoms with van der Waals surface area (Å²) < 4.78 is 9.35. The number of ether oxygens (including phenoxy) is 1. The van der Waals surface area contributed by atoms with Crippen molar-refractivity contribution in [2.24, 2.45) is 7.05 Å². The van der Waals surface area contributed by atoms with Crippen LogP contribution >= 0.6 is 0 Å². The molecule has 108 valence electrons. The zero-order valence-corrected chi connectivity index (χ0v) is 12.1. The van der Waals surface area contributed by atoms with E-state index in [1.54, 1.807) is 4.57 Å². The number of morpholine rings is 1. The second-order valence-corrected chi connectivity index (χ2v) is 5.33. The van der Waals surface area contributed by atoms with Gasteiger partial charge in [-0.15, -0.1) is 0 Å². The predicted octanol–water partition coefficient (Wildman–Crippen LogP) is 1.06. The van der Waals surface area contributed by atoms with Gasteiger partial charge in [0.05, 0.1) is 30.3 Å². The van der Waals surface area contributed by atoms with E-state index >= 15 is 0 Å². The van der Waals surface area contributed by atoms with Crippen molar-refractivity contribution < 1.29 is 4.74 Å². The smallest absolute Gasteiger partial charge is 0.328 e. The van der Waals surface area contributed by atoms with Crippen LogP contribution in [-0.4, -0.2) is 46.4 Å². The number of para-hydroxylation sites is 2. The van der Waals surface area contributed by atoms with E-state index in [1.165, 1.54) is 0 Å². The first-order valence-electron chi connectivity index (χ1n) is 7.19. The third kappa shape index (κ3) is 2.27. The number of aryl methyl sites for hydroxylation is 1. The van der Waals surface area contributed by atoms with Gasteiger partial charge < -0.3 is 4.74 Å². The molecule has 2 aromatic rings. The van der Waals surface area contributed by atoms with Crippen molar-refractivity contribution in [2.45, 2.75) is 19.6 Å². The molecule has 20 heavy (non-hydrogen) atoms. The molecule has 0 N–H and O–H groups in total. The van der Waals surface area contributed by atoms with Gasteiger partial charge in [0, 0.05) is 20.1 Å². The molecular weight excluding hydrogens is 254 g/mol. The molecule has 1 fully saturated rings. The van der Waals surface area contributed by atoms with E-state index in [9.17, 15) is 4.79 Å². The van der Waals surface area contributed by atoms with E-state index in [2.05, 4.69) is 11.8 Å². The van der Waals surface area contributed by atoms with Crippen molar-refractivity contribution in [2.75, 3.05) is 26.2 Å². The van der Waals surface area contributed by atoms with E-state index in [4.69, 9.17) is 4.74 Å². The van der Waals surface area contributed by atoms with E-state index in [0.29, 0.717) is 6.54 Å². The van der Waals surface area contributed by atoms with Gasteiger partial charge in [-0.3, -0.25) is 14.0 Å². The van der Waals surface area contributed by atoms with E-state index in [-0.39, 0.29) is 11.8 Å². The molecule has 0 aliphatic carbocycles. The normalized spacial score (nSPS) is 20.6. The number of nitrogens with zero attached hydrogens (tertiary/aromatic N) is 3. The van der Waals surface area contributed by atoms with Crippen LogP contribution in [0, 0.1) is 0 Å². The number of likely N-dealkylation sites (N-methyl/N-ethyl adjacent to an activating group) is 1. The van der Waals surface area contributed by atoms with Crippen molar-refractivity contribution in [3.63, 3.8) is 0 Å². The minimum atomic E-state index is 0.0309. The molecular formula is C15H21N3O2. The topological polar surface area (TPSA) is 39.4 Å². The quantitative estimate of drug-likeness (QED) is 0.841. The lowest BCUT2D eigenvalue weighted by Crippen LogP contribution is -2.45. The van der Waals surface area contributed by atoms with Gasteiger partial charge in [-0.1, -0.05) is 19.1 Å². The lowest BCUT2D eigenvalue weighted by Gasteiger charge is -2.32. The molecule has 1 aromatic carbocycles. The second-order valence-electron chi connectivity index (χ2n) is 5.33. The SMILES string of the molecule is CCN1CCOC(Cn2c(=O)n(C)c3ccccc32)C1. The van der Waals surface area contributed by atoms with E-state index < -0.39 is 0 Å². The maximum absolute atomic E-state index is 12.4. The summed E-state index contributed by atoms with van der Waals surface area (Å²) in [6.07, 6.45) is 0.0900. The molecule has 1 aromatic heterocycles. The Morgan fingerprint density at radius 2 is 2.05 bits per heavy atom. The third-order valence-corrected chi connectivity index (χ3v) is 4.11. The Morgan fingerprint density at radius 1 is 1.30 bits per heavy atom. The number of benzene rings is 1. The Bertz CT molecular complexity index is 659. The fourth-order valence-electron chi connectivity index (χ4n) is 2.92. The minimum Gasteiger partial charge on any atom is -0.374 e. The maximum atomic E-state index is 12.4. The van der Waals surface area contributed by atoms with Crippen LogP contribution in [0.5, 0.6) is 0 Å². The van der Waals surface area contributed by atoms with Crippen molar-refractivity contribution >= 4 is 11.0 Å². The average Bonchev–Trinajstić information content (AvgIpc) is 2.73. The van der Waals surface area contributed by atoms with Gasteiger partial charge in [-0.05, 0) is 18.7 Å². The molecule has 1 unspecified atom stereocenters. The predicted molar refractivity (Wildman–Crippen MR) is 79.0 cm³/mol. The number of aromatic nitrogens is 2. The van der Waals surface area contributed by atoms with Crippen LogP contribution in [-0.2, 0) is 18.3 Å². The molecule has 0 amide bonds. The Morgan fingerprint density at radius 3 is 2.80 bits per heavy atom. The van der Waals surface area contributed by atoms with Gasteiger partial charge in [0.1, 0.15) is 0 Å². The van der Waals surface area contributed by atoms with Crippen LogP contribution in [0.15, 0.2) is 29.1 Å². The Hall–Kier alpha value is -1.59. The maximum Gasteiger partial charge on any atom is 0.328 e. The number of rotatable bonds is 3. The molecule has 1 aliphatic rings. The molecule has 0 radical (unpaired) electrons. The van der Waals surface area contributed by atoms with Gasteiger partial charge in [-0.2, -0.15) is 0 Å². The summed E-state index contributed by atoms with van der Waals surface area (Å²) in [4.78, 5) is 14.7. The fourth-order valence-corrected chi connectivity index (χ4v) is 2.92. The highest BCUT2D eigenvalue weighted by Crippen LogP contribution is 2.14. The summed E-state index contributed by atoms with van der Waals surface area (Å²) in [5.74, 6) is 0. The number of hydrogen-bond acceptors (Lipinski definition) is 3. The van der Waals surface area contributed by atoms with Gasteiger partial charge in [0.2, 0.25) is 0 Å².